The average molecular weight is 503 g/mol. The van der Waals surface area contributed by atoms with Crippen LogP contribution in [0.3, 0.4) is 0 Å². The van der Waals surface area contributed by atoms with Crippen LogP contribution in [0.1, 0.15) is 16.8 Å². The smallest absolute Gasteiger partial charge is 0.373 e. The summed E-state index contributed by atoms with van der Waals surface area (Å²) in [5.74, 6) is -2.26. The van der Waals surface area contributed by atoms with Crippen molar-refractivity contribution in [3.63, 3.8) is 0 Å². The van der Waals surface area contributed by atoms with Crippen LogP contribution in [0, 0.1) is 0 Å². The number of carbonyl (C=O) groups excluding carboxylic acids is 3. The Morgan fingerprint density at radius 2 is 1.76 bits per heavy atom. The number of rotatable bonds is 4. The van der Waals surface area contributed by atoms with E-state index >= 15 is 0 Å². The Labute approximate surface area is 184 Å². The number of ether oxygens (including phenoxy) is 3. The molecule has 0 aromatic heterocycles. The topological polar surface area (TPSA) is 82.1 Å². The van der Waals surface area contributed by atoms with Crippen molar-refractivity contribution >= 4 is 62.7 Å². The molecule has 0 radical (unpaired) electrons. The van der Waals surface area contributed by atoms with Gasteiger partial charge >= 0.3 is 11.9 Å². The van der Waals surface area contributed by atoms with E-state index in [1.165, 1.54) is 30.3 Å². The van der Waals surface area contributed by atoms with E-state index in [9.17, 15) is 14.4 Å². The Balaban J connectivity index is 2.31. The second-order valence-corrected chi connectivity index (χ2v) is 7.83. The van der Waals surface area contributed by atoms with Gasteiger partial charge in [0.25, 0.3) is 11.6 Å². The minimum Gasteiger partial charge on any atom is -0.469 e. The van der Waals surface area contributed by atoms with Gasteiger partial charge in [0.1, 0.15) is 12.2 Å². The van der Waals surface area contributed by atoms with Gasteiger partial charge in [-0.2, -0.15) is 0 Å². The summed E-state index contributed by atoms with van der Waals surface area (Å²) in [6.07, 6.45) is -0.623. The van der Waals surface area contributed by atoms with E-state index in [-0.39, 0.29) is 27.0 Å². The molecule has 2 aromatic carbocycles. The molecule has 1 heterocycles. The van der Waals surface area contributed by atoms with E-state index < -0.39 is 30.0 Å². The number of carbonyl (C=O) groups is 3. The van der Waals surface area contributed by atoms with Gasteiger partial charge in [-0.3, -0.25) is 14.5 Å². The largest absolute Gasteiger partial charge is 0.469 e. The first-order valence-electron chi connectivity index (χ1n) is 8.16. The third-order valence-electron chi connectivity index (χ3n) is 4.24. The number of methoxy groups -OCH3 is 2. The molecular formula is C19H14BrCl2NO6. The zero-order valence-electron chi connectivity index (χ0n) is 15.2. The number of hydrogen-bond donors (Lipinski definition) is 0. The summed E-state index contributed by atoms with van der Waals surface area (Å²) in [5, 5.41) is 0.439. The SMILES string of the molecule is COC(=O)C[C@]1(C(=O)OC)Oc2ccc(Br)cc2C(=O)N1c1cc(Cl)cc(Cl)c1. The Morgan fingerprint density at radius 1 is 1.10 bits per heavy atom. The molecule has 2 aromatic rings. The maximum Gasteiger partial charge on any atom is 0.373 e. The van der Waals surface area contributed by atoms with Gasteiger partial charge in [-0.05, 0) is 36.4 Å². The van der Waals surface area contributed by atoms with Gasteiger partial charge in [0.2, 0.25) is 0 Å². The lowest BCUT2D eigenvalue weighted by Gasteiger charge is -2.44. The molecule has 29 heavy (non-hydrogen) atoms. The van der Waals surface area contributed by atoms with Crippen molar-refractivity contribution in [3.8, 4) is 5.75 Å². The second kappa shape index (κ2) is 8.22. The van der Waals surface area contributed by atoms with Crippen LogP contribution >= 0.6 is 39.1 Å². The maximum atomic E-state index is 13.5. The van der Waals surface area contributed by atoms with Gasteiger partial charge < -0.3 is 14.2 Å². The van der Waals surface area contributed by atoms with E-state index in [0.29, 0.717) is 4.47 Å². The van der Waals surface area contributed by atoms with E-state index in [1.54, 1.807) is 6.07 Å². The number of anilines is 1. The average Bonchev–Trinajstić information content (AvgIpc) is 2.67. The van der Waals surface area contributed by atoms with Crippen molar-refractivity contribution < 1.29 is 28.6 Å². The lowest BCUT2D eigenvalue weighted by Crippen LogP contribution is -2.65. The quantitative estimate of drug-likeness (QED) is 0.582. The fraction of sp³-hybridized carbons (Fsp3) is 0.211. The predicted molar refractivity (Wildman–Crippen MR) is 109 cm³/mol. The van der Waals surface area contributed by atoms with Gasteiger partial charge in [0, 0.05) is 14.5 Å². The van der Waals surface area contributed by atoms with Crippen molar-refractivity contribution in [1.82, 2.24) is 0 Å². The summed E-state index contributed by atoms with van der Waals surface area (Å²) >= 11 is 15.5. The minimum absolute atomic E-state index is 0.108. The second-order valence-electron chi connectivity index (χ2n) is 6.04. The highest BCUT2D eigenvalue weighted by Gasteiger charge is 2.56. The number of hydrogen-bond acceptors (Lipinski definition) is 6. The molecule has 0 saturated heterocycles. The normalized spacial score (nSPS) is 18.0. The Bertz CT molecular complexity index is 994. The van der Waals surface area contributed by atoms with E-state index in [0.717, 1.165) is 19.1 Å². The van der Waals surface area contributed by atoms with Crippen molar-refractivity contribution in [3.05, 3.63) is 56.5 Å². The summed E-state index contributed by atoms with van der Waals surface area (Å²) in [7, 11) is 2.28. The van der Waals surface area contributed by atoms with Crippen molar-refractivity contribution in [2.45, 2.75) is 12.1 Å². The van der Waals surface area contributed by atoms with Crippen molar-refractivity contribution in [2.75, 3.05) is 19.1 Å². The van der Waals surface area contributed by atoms with Crippen LogP contribution in [0.2, 0.25) is 10.0 Å². The first kappa shape index (κ1) is 21.4. The van der Waals surface area contributed by atoms with Crippen LogP contribution in [0.5, 0.6) is 5.75 Å². The van der Waals surface area contributed by atoms with Gasteiger partial charge in [-0.1, -0.05) is 39.1 Å². The molecule has 0 saturated carbocycles. The van der Waals surface area contributed by atoms with Crippen LogP contribution in [0.15, 0.2) is 40.9 Å². The lowest BCUT2D eigenvalue weighted by molar-refractivity contribution is -0.166. The number of benzene rings is 2. The molecule has 152 valence electrons. The number of esters is 2. The molecule has 1 atom stereocenters. The third kappa shape index (κ3) is 3.92. The molecule has 0 aliphatic carbocycles. The summed E-state index contributed by atoms with van der Waals surface area (Å²) in [6, 6.07) is 8.99. The molecule has 10 heteroatoms. The molecule has 7 nitrogen and oxygen atoms in total. The first-order chi connectivity index (χ1) is 13.7. The number of nitrogens with zero attached hydrogens (tertiary/aromatic N) is 1. The van der Waals surface area contributed by atoms with E-state index in [1.807, 2.05) is 0 Å². The highest BCUT2D eigenvalue weighted by molar-refractivity contribution is 9.10. The van der Waals surface area contributed by atoms with Gasteiger partial charge in [-0.25, -0.2) is 4.79 Å². The number of halogens is 3. The van der Waals surface area contributed by atoms with Crippen LogP contribution in [-0.4, -0.2) is 37.8 Å². The molecule has 0 N–H and O–H groups in total. The predicted octanol–water partition coefficient (Wildman–Crippen LogP) is 4.23. The van der Waals surface area contributed by atoms with Crippen LogP contribution < -0.4 is 9.64 Å². The monoisotopic (exact) mass is 501 g/mol. The lowest BCUT2D eigenvalue weighted by atomic mass is 9.99. The molecule has 3 rings (SSSR count). The Kier molecular flexibility index (Phi) is 6.07. The van der Waals surface area contributed by atoms with Crippen molar-refractivity contribution in [2.24, 2.45) is 0 Å². The highest BCUT2D eigenvalue weighted by atomic mass is 79.9. The highest BCUT2D eigenvalue weighted by Crippen LogP contribution is 2.42. The van der Waals surface area contributed by atoms with Gasteiger partial charge in [-0.15, -0.1) is 0 Å². The number of fused-ring (bicyclic) bond motifs is 1. The summed E-state index contributed by atoms with van der Waals surface area (Å²) in [4.78, 5) is 39.6. The summed E-state index contributed by atoms with van der Waals surface area (Å²) in [5.41, 5.74) is -1.85. The first-order valence-corrected chi connectivity index (χ1v) is 9.71. The zero-order valence-corrected chi connectivity index (χ0v) is 18.3. The van der Waals surface area contributed by atoms with E-state index in [2.05, 4.69) is 15.9 Å². The molecule has 0 unspecified atom stereocenters. The summed E-state index contributed by atoms with van der Waals surface area (Å²) < 4.78 is 16.2. The molecule has 1 amide bonds. The molecule has 0 fully saturated rings. The fourth-order valence-corrected chi connectivity index (χ4v) is 3.89. The molecule has 1 aliphatic rings. The molecule has 0 spiro atoms. The van der Waals surface area contributed by atoms with Crippen molar-refractivity contribution in [1.29, 1.82) is 0 Å². The standard InChI is InChI=1S/C19H14BrCl2NO6/c1-27-16(24)9-19(18(26)28-2)23(13-7-11(21)6-12(22)8-13)17(25)14-5-10(20)3-4-15(14)29-19/h3-8H,9H2,1-2H3/t19-/m1/s1. The van der Waals surface area contributed by atoms with E-state index in [4.69, 9.17) is 37.4 Å². The zero-order chi connectivity index (χ0) is 21.3. The van der Waals surface area contributed by atoms with Crippen LogP contribution in [-0.2, 0) is 19.1 Å². The molecule has 1 aliphatic heterocycles. The fourth-order valence-electron chi connectivity index (χ4n) is 3.01. The van der Waals surface area contributed by atoms with Crippen LogP contribution in [0.25, 0.3) is 0 Å². The Hall–Kier alpha value is -2.29. The maximum absolute atomic E-state index is 13.5. The number of amides is 1. The molecule has 0 bridgehead atoms. The Morgan fingerprint density at radius 3 is 2.34 bits per heavy atom. The summed E-state index contributed by atoms with van der Waals surface area (Å²) in [6.45, 7) is 0. The third-order valence-corrected chi connectivity index (χ3v) is 5.17. The van der Waals surface area contributed by atoms with Crippen LogP contribution in [0.4, 0.5) is 5.69 Å². The minimum atomic E-state index is -2.16. The molecular weight excluding hydrogens is 489 g/mol. The van der Waals surface area contributed by atoms with Gasteiger partial charge in [0.15, 0.2) is 0 Å². The van der Waals surface area contributed by atoms with Gasteiger partial charge in [0.05, 0.1) is 25.5 Å².